The van der Waals surface area contributed by atoms with Crippen LogP contribution >= 0.6 is 0 Å². The van der Waals surface area contributed by atoms with E-state index in [4.69, 9.17) is 0 Å². The van der Waals surface area contributed by atoms with Crippen molar-refractivity contribution in [2.24, 2.45) is 0 Å². The van der Waals surface area contributed by atoms with Crippen molar-refractivity contribution in [3.05, 3.63) is 41.5 Å². The largest absolute Gasteiger partial charge is 0.317 e. The molecule has 18 heavy (non-hydrogen) atoms. The zero-order valence-corrected chi connectivity index (χ0v) is 11.7. The number of allylic oxidation sites excluding steroid dienone is 1. The lowest BCUT2D eigenvalue weighted by Crippen LogP contribution is -2.13. The molecule has 1 aliphatic carbocycles. The fraction of sp³-hybridized carbons (Fsp3) is 0.529. The van der Waals surface area contributed by atoms with Gasteiger partial charge in [-0.3, -0.25) is 0 Å². The molecule has 1 fully saturated rings. The van der Waals surface area contributed by atoms with Gasteiger partial charge >= 0.3 is 0 Å². The summed E-state index contributed by atoms with van der Waals surface area (Å²) in [5.74, 6) is 0.818. The smallest absolute Gasteiger partial charge is 0.00142 e. The molecule has 0 amide bonds. The summed E-state index contributed by atoms with van der Waals surface area (Å²) in [5.41, 5.74) is 4.48. The van der Waals surface area contributed by atoms with E-state index in [1.165, 1.54) is 30.4 Å². The molecule has 1 N–H and O–H groups in total. The first kappa shape index (κ1) is 13.4. The quantitative estimate of drug-likeness (QED) is 0.732. The molecule has 1 saturated carbocycles. The second-order valence-corrected chi connectivity index (χ2v) is 5.24. The molecule has 1 aromatic carbocycles. The predicted molar refractivity (Wildman–Crippen MR) is 79.8 cm³/mol. The Labute approximate surface area is 111 Å². The number of nitrogens with one attached hydrogen (secondary N) is 1. The SMILES string of the molecule is CCNCC/C=C(/C)c1ccccc1C1CCC1. The van der Waals surface area contributed by atoms with Crippen LogP contribution in [0.3, 0.4) is 0 Å². The molecule has 0 heterocycles. The van der Waals surface area contributed by atoms with E-state index in [9.17, 15) is 0 Å². The lowest BCUT2D eigenvalue weighted by molar-refractivity contribution is 0.419. The van der Waals surface area contributed by atoms with Crippen LogP contribution in [-0.2, 0) is 0 Å². The van der Waals surface area contributed by atoms with Gasteiger partial charge in [0.2, 0.25) is 0 Å². The average Bonchev–Trinajstić information content (AvgIpc) is 2.33. The summed E-state index contributed by atoms with van der Waals surface area (Å²) in [6.45, 7) is 6.55. The Kier molecular flexibility index (Phi) is 5.00. The standard InChI is InChI=1S/C17H25N/c1-3-18-13-7-8-14(2)16-11-4-5-12-17(16)15-9-6-10-15/h4-5,8,11-12,15,18H,3,6-7,9-10,13H2,1-2H3/b14-8-. The van der Waals surface area contributed by atoms with Gasteiger partial charge in [-0.25, -0.2) is 0 Å². The van der Waals surface area contributed by atoms with Crippen LogP contribution in [0, 0.1) is 0 Å². The average molecular weight is 243 g/mol. The molecule has 2 rings (SSSR count). The first-order chi connectivity index (χ1) is 8.83. The molecule has 0 atom stereocenters. The van der Waals surface area contributed by atoms with Crippen molar-refractivity contribution in [3.8, 4) is 0 Å². The highest BCUT2D eigenvalue weighted by Crippen LogP contribution is 2.39. The molecule has 1 aromatic rings. The highest BCUT2D eigenvalue weighted by atomic mass is 14.8. The normalized spacial score (nSPS) is 16.7. The van der Waals surface area contributed by atoms with Gasteiger partial charge in [-0.1, -0.05) is 43.7 Å². The first-order valence-electron chi connectivity index (χ1n) is 7.29. The third kappa shape index (κ3) is 3.23. The Morgan fingerprint density at radius 2 is 2.11 bits per heavy atom. The summed E-state index contributed by atoms with van der Waals surface area (Å²) in [6.07, 6.45) is 7.66. The summed E-state index contributed by atoms with van der Waals surface area (Å²) < 4.78 is 0. The van der Waals surface area contributed by atoms with E-state index in [2.05, 4.69) is 49.5 Å². The number of rotatable bonds is 6. The molecule has 0 saturated heterocycles. The van der Waals surface area contributed by atoms with Crippen molar-refractivity contribution in [1.82, 2.24) is 5.32 Å². The zero-order chi connectivity index (χ0) is 12.8. The monoisotopic (exact) mass is 243 g/mol. The maximum absolute atomic E-state index is 3.37. The summed E-state index contributed by atoms with van der Waals surface area (Å²) in [5, 5.41) is 3.37. The second-order valence-electron chi connectivity index (χ2n) is 5.24. The van der Waals surface area contributed by atoms with Gasteiger partial charge in [0.05, 0.1) is 0 Å². The van der Waals surface area contributed by atoms with E-state index in [1.54, 1.807) is 5.56 Å². The number of benzene rings is 1. The van der Waals surface area contributed by atoms with Crippen LogP contribution in [0.4, 0.5) is 0 Å². The maximum atomic E-state index is 3.37. The van der Waals surface area contributed by atoms with Crippen LogP contribution in [0.5, 0.6) is 0 Å². The molecule has 0 bridgehead atoms. The highest BCUT2D eigenvalue weighted by molar-refractivity contribution is 5.67. The van der Waals surface area contributed by atoms with Crippen molar-refractivity contribution in [1.29, 1.82) is 0 Å². The van der Waals surface area contributed by atoms with Gasteiger partial charge < -0.3 is 5.32 Å². The van der Waals surface area contributed by atoms with E-state index in [0.717, 1.165) is 25.4 Å². The maximum Gasteiger partial charge on any atom is -0.00142 e. The Hall–Kier alpha value is -1.08. The molecule has 98 valence electrons. The third-order valence-corrected chi connectivity index (χ3v) is 3.95. The summed E-state index contributed by atoms with van der Waals surface area (Å²) in [4.78, 5) is 0. The van der Waals surface area contributed by atoms with Gasteiger partial charge in [0, 0.05) is 0 Å². The highest BCUT2D eigenvalue weighted by Gasteiger charge is 2.21. The number of hydrogen-bond acceptors (Lipinski definition) is 1. The minimum atomic E-state index is 0.818. The van der Waals surface area contributed by atoms with Crippen LogP contribution in [-0.4, -0.2) is 13.1 Å². The Morgan fingerprint density at radius 3 is 2.78 bits per heavy atom. The van der Waals surface area contributed by atoms with Crippen LogP contribution in [0.2, 0.25) is 0 Å². The van der Waals surface area contributed by atoms with Crippen molar-refractivity contribution < 1.29 is 0 Å². The summed E-state index contributed by atoms with van der Waals surface area (Å²) >= 11 is 0. The van der Waals surface area contributed by atoms with E-state index >= 15 is 0 Å². The zero-order valence-electron chi connectivity index (χ0n) is 11.7. The van der Waals surface area contributed by atoms with E-state index < -0.39 is 0 Å². The van der Waals surface area contributed by atoms with Crippen molar-refractivity contribution in [3.63, 3.8) is 0 Å². The fourth-order valence-corrected chi connectivity index (χ4v) is 2.61. The van der Waals surface area contributed by atoms with Gasteiger partial charge in [0.1, 0.15) is 0 Å². The lowest BCUT2D eigenvalue weighted by atomic mass is 9.77. The molecule has 0 aliphatic heterocycles. The molecular weight excluding hydrogens is 218 g/mol. The van der Waals surface area contributed by atoms with Gasteiger partial charge in [0.15, 0.2) is 0 Å². The Balaban J connectivity index is 2.06. The molecule has 1 heteroatoms. The topological polar surface area (TPSA) is 12.0 Å². The molecule has 0 unspecified atom stereocenters. The van der Waals surface area contributed by atoms with Gasteiger partial charge in [-0.2, -0.15) is 0 Å². The van der Waals surface area contributed by atoms with E-state index in [0.29, 0.717) is 0 Å². The minimum absolute atomic E-state index is 0.818. The number of hydrogen-bond donors (Lipinski definition) is 1. The van der Waals surface area contributed by atoms with Crippen molar-refractivity contribution in [2.75, 3.05) is 13.1 Å². The Bertz CT molecular complexity index is 402. The molecule has 1 aliphatic rings. The van der Waals surface area contributed by atoms with Crippen LogP contribution in [0.1, 0.15) is 56.6 Å². The van der Waals surface area contributed by atoms with Crippen LogP contribution in [0.15, 0.2) is 30.3 Å². The Morgan fingerprint density at radius 1 is 1.33 bits per heavy atom. The molecule has 0 radical (unpaired) electrons. The molecular formula is C17H25N. The fourth-order valence-electron chi connectivity index (χ4n) is 2.61. The summed E-state index contributed by atoms with van der Waals surface area (Å²) in [6, 6.07) is 8.95. The van der Waals surface area contributed by atoms with E-state index in [1.807, 2.05) is 0 Å². The van der Waals surface area contributed by atoms with E-state index in [-0.39, 0.29) is 0 Å². The van der Waals surface area contributed by atoms with Crippen LogP contribution < -0.4 is 5.32 Å². The third-order valence-electron chi connectivity index (χ3n) is 3.95. The van der Waals surface area contributed by atoms with Gasteiger partial charge in [-0.15, -0.1) is 0 Å². The van der Waals surface area contributed by atoms with Crippen molar-refractivity contribution in [2.45, 2.75) is 45.4 Å². The first-order valence-corrected chi connectivity index (χ1v) is 7.29. The predicted octanol–water partition coefficient (Wildman–Crippen LogP) is 4.36. The van der Waals surface area contributed by atoms with Gasteiger partial charge in [-0.05, 0) is 61.9 Å². The molecule has 0 aromatic heterocycles. The van der Waals surface area contributed by atoms with Gasteiger partial charge in [0.25, 0.3) is 0 Å². The lowest BCUT2D eigenvalue weighted by Gasteiger charge is -2.28. The molecule has 1 nitrogen and oxygen atoms in total. The minimum Gasteiger partial charge on any atom is -0.317 e. The second kappa shape index (κ2) is 6.75. The van der Waals surface area contributed by atoms with Crippen LogP contribution in [0.25, 0.3) is 5.57 Å². The van der Waals surface area contributed by atoms with Crippen molar-refractivity contribution >= 4 is 5.57 Å². The molecule has 0 spiro atoms. The summed E-state index contributed by atoms with van der Waals surface area (Å²) in [7, 11) is 0.